The molecule has 144 valence electrons. The molecule has 1 aliphatic carbocycles. The van der Waals surface area contributed by atoms with Crippen LogP contribution in [0.5, 0.6) is 0 Å². The molecule has 4 rings (SSSR count). The molecule has 4 nitrogen and oxygen atoms in total. The number of benzene rings is 2. The van der Waals surface area contributed by atoms with E-state index in [1.807, 2.05) is 56.6 Å². The van der Waals surface area contributed by atoms with Gasteiger partial charge in [-0.25, -0.2) is 10.0 Å². The first-order valence-corrected chi connectivity index (χ1v) is 9.90. The molecule has 2 aromatic carbocycles. The SMILES string of the molecule is CN(C)N1C(=O)CC(c2cccc(Cl)c2)C2=C1CC(c1ccccc1)CC2=O. The molecule has 0 bridgehead atoms. The lowest BCUT2D eigenvalue weighted by Gasteiger charge is -2.42. The summed E-state index contributed by atoms with van der Waals surface area (Å²) >= 11 is 6.19. The second kappa shape index (κ2) is 7.53. The minimum absolute atomic E-state index is 0.00948. The molecule has 0 fully saturated rings. The Kier molecular flexibility index (Phi) is 5.09. The number of carbonyl (C=O) groups is 2. The fourth-order valence-corrected chi connectivity index (χ4v) is 4.65. The van der Waals surface area contributed by atoms with Crippen molar-refractivity contribution in [3.63, 3.8) is 0 Å². The molecule has 0 spiro atoms. The number of hydrazine groups is 1. The van der Waals surface area contributed by atoms with Crippen molar-refractivity contribution in [1.82, 2.24) is 10.0 Å². The fraction of sp³-hybridized carbons (Fsp3) is 0.304. The van der Waals surface area contributed by atoms with E-state index in [-0.39, 0.29) is 29.9 Å². The molecule has 2 aromatic rings. The Morgan fingerprint density at radius 3 is 2.32 bits per heavy atom. The Hall–Kier alpha value is -2.43. The predicted molar refractivity (Wildman–Crippen MR) is 110 cm³/mol. The van der Waals surface area contributed by atoms with Gasteiger partial charge in [0.05, 0.1) is 0 Å². The standard InChI is InChI=1S/C23H23ClN2O2/c1-25(2)26-20-12-17(15-7-4-3-5-8-15)13-21(27)23(20)19(14-22(26)28)16-9-6-10-18(24)11-16/h3-11,17,19H,12-14H2,1-2H3. The normalized spacial score (nSPS) is 22.6. The van der Waals surface area contributed by atoms with Crippen LogP contribution in [0.1, 0.15) is 42.2 Å². The summed E-state index contributed by atoms with van der Waals surface area (Å²) in [4.78, 5) is 26.3. The van der Waals surface area contributed by atoms with Gasteiger partial charge in [-0.1, -0.05) is 54.1 Å². The van der Waals surface area contributed by atoms with Crippen molar-refractivity contribution in [1.29, 1.82) is 0 Å². The van der Waals surface area contributed by atoms with E-state index >= 15 is 0 Å². The summed E-state index contributed by atoms with van der Waals surface area (Å²) in [6.07, 6.45) is 1.42. The minimum atomic E-state index is -0.235. The van der Waals surface area contributed by atoms with Gasteiger partial charge in [-0.2, -0.15) is 0 Å². The number of amides is 1. The maximum absolute atomic E-state index is 13.3. The molecule has 0 saturated heterocycles. The zero-order valence-electron chi connectivity index (χ0n) is 16.1. The number of nitrogens with zero attached hydrogens (tertiary/aromatic N) is 2. The largest absolute Gasteiger partial charge is 0.294 e. The summed E-state index contributed by atoms with van der Waals surface area (Å²) in [5.74, 6) is -0.0166. The van der Waals surface area contributed by atoms with Gasteiger partial charge in [0, 0.05) is 49.1 Å². The summed E-state index contributed by atoms with van der Waals surface area (Å²) in [7, 11) is 3.69. The molecular weight excluding hydrogens is 372 g/mol. The van der Waals surface area contributed by atoms with Crippen LogP contribution in [0.2, 0.25) is 5.02 Å². The monoisotopic (exact) mass is 394 g/mol. The first-order valence-electron chi connectivity index (χ1n) is 9.52. The quantitative estimate of drug-likeness (QED) is 0.767. The van der Waals surface area contributed by atoms with Gasteiger partial charge in [0.15, 0.2) is 5.78 Å². The van der Waals surface area contributed by atoms with Crippen LogP contribution in [0.15, 0.2) is 65.9 Å². The fourth-order valence-electron chi connectivity index (χ4n) is 4.45. The molecule has 1 amide bonds. The minimum Gasteiger partial charge on any atom is -0.294 e. The Labute approximate surface area is 170 Å². The molecule has 1 heterocycles. The van der Waals surface area contributed by atoms with Crippen LogP contribution in [0.25, 0.3) is 0 Å². The summed E-state index contributed by atoms with van der Waals surface area (Å²) in [5, 5.41) is 4.09. The smallest absolute Gasteiger partial charge is 0.242 e. The zero-order chi connectivity index (χ0) is 19.8. The molecular formula is C23H23ClN2O2. The molecule has 2 unspecified atom stereocenters. The molecule has 2 aliphatic rings. The highest BCUT2D eigenvalue weighted by molar-refractivity contribution is 6.30. The van der Waals surface area contributed by atoms with Gasteiger partial charge in [-0.15, -0.1) is 0 Å². The molecule has 5 heteroatoms. The van der Waals surface area contributed by atoms with Gasteiger partial charge in [0.2, 0.25) is 5.91 Å². The molecule has 0 radical (unpaired) electrons. The highest BCUT2D eigenvalue weighted by Crippen LogP contribution is 2.46. The Bertz CT molecular complexity index is 952. The van der Waals surface area contributed by atoms with E-state index in [4.69, 9.17) is 11.6 Å². The van der Waals surface area contributed by atoms with Crippen molar-refractivity contribution in [2.75, 3.05) is 14.1 Å². The van der Waals surface area contributed by atoms with Gasteiger partial charge >= 0.3 is 0 Å². The second-order valence-corrected chi connectivity index (χ2v) is 8.10. The summed E-state index contributed by atoms with van der Waals surface area (Å²) < 4.78 is 0. The Morgan fingerprint density at radius 1 is 0.929 bits per heavy atom. The van der Waals surface area contributed by atoms with Crippen molar-refractivity contribution in [2.45, 2.75) is 31.1 Å². The first kappa shape index (κ1) is 18.9. The number of Topliss-reactive ketones (excluding diaryl/α,β-unsaturated/α-hetero) is 1. The number of hydrogen-bond acceptors (Lipinski definition) is 3. The number of rotatable bonds is 3. The summed E-state index contributed by atoms with van der Waals surface area (Å²) in [6.45, 7) is 0. The molecule has 1 aliphatic heterocycles. The third-order valence-electron chi connectivity index (χ3n) is 5.62. The first-order chi connectivity index (χ1) is 13.5. The van der Waals surface area contributed by atoms with E-state index < -0.39 is 0 Å². The van der Waals surface area contributed by atoms with E-state index in [0.29, 0.717) is 17.9 Å². The van der Waals surface area contributed by atoms with Gasteiger partial charge in [-0.3, -0.25) is 9.59 Å². The van der Waals surface area contributed by atoms with Crippen molar-refractivity contribution >= 4 is 23.3 Å². The third-order valence-corrected chi connectivity index (χ3v) is 5.86. The molecule has 2 atom stereocenters. The van der Waals surface area contributed by atoms with Crippen molar-refractivity contribution in [3.8, 4) is 0 Å². The number of allylic oxidation sites excluding steroid dienone is 2. The Morgan fingerprint density at radius 2 is 1.64 bits per heavy atom. The third kappa shape index (κ3) is 3.38. The highest BCUT2D eigenvalue weighted by atomic mass is 35.5. The van der Waals surface area contributed by atoms with Gasteiger partial charge in [0.25, 0.3) is 0 Å². The zero-order valence-corrected chi connectivity index (χ0v) is 16.8. The summed E-state index contributed by atoms with van der Waals surface area (Å²) in [5.41, 5.74) is 3.66. The number of hydrogen-bond donors (Lipinski definition) is 0. The maximum Gasteiger partial charge on any atom is 0.242 e. The van der Waals surface area contributed by atoms with Gasteiger partial charge < -0.3 is 0 Å². The lowest BCUT2D eigenvalue weighted by atomic mass is 9.73. The van der Waals surface area contributed by atoms with E-state index in [0.717, 1.165) is 22.4 Å². The average Bonchev–Trinajstić information content (AvgIpc) is 2.67. The van der Waals surface area contributed by atoms with Crippen LogP contribution in [-0.2, 0) is 9.59 Å². The number of ketones is 1. The van der Waals surface area contributed by atoms with Crippen molar-refractivity contribution in [3.05, 3.63) is 82.0 Å². The van der Waals surface area contributed by atoms with E-state index in [2.05, 4.69) is 12.1 Å². The molecule has 0 aromatic heterocycles. The van der Waals surface area contributed by atoms with Crippen LogP contribution < -0.4 is 0 Å². The van der Waals surface area contributed by atoms with Gasteiger partial charge in [0.1, 0.15) is 0 Å². The van der Waals surface area contributed by atoms with Crippen LogP contribution in [0.4, 0.5) is 0 Å². The summed E-state index contributed by atoms with van der Waals surface area (Å²) in [6, 6.07) is 17.6. The maximum atomic E-state index is 13.3. The molecule has 28 heavy (non-hydrogen) atoms. The van der Waals surface area contributed by atoms with Crippen LogP contribution in [0, 0.1) is 0 Å². The topological polar surface area (TPSA) is 40.6 Å². The van der Waals surface area contributed by atoms with Crippen LogP contribution >= 0.6 is 11.6 Å². The lowest BCUT2D eigenvalue weighted by Crippen LogP contribution is -2.47. The lowest BCUT2D eigenvalue weighted by molar-refractivity contribution is -0.143. The highest BCUT2D eigenvalue weighted by Gasteiger charge is 2.42. The number of carbonyl (C=O) groups excluding carboxylic acids is 2. The number of halogens is 1. The average molecular weight is 395 g/mol. The predicted octanol–water partition coefficient (Wildman–Crippen LogP) is 4.53. The molecule has 0 saturated carbocycles. The van der Waals surface area contributed by atoms with E-state index in [9.17, 15) is 9.59 Å². The van der Waals surface area contributed by atoms with Crippen molar-refractivity contribution in [2.24, 2.45) is 0 Å². The van der Waals surface area contributed by atoms with E-state index in [1.165, 1.54) is 0 Å². The van der Waals surface area contributed by atoms with E-state index in [1.54, 1.807) is 10.0 Å². The second-order valence-electron chi connectivity index (χ2n) is 7.66. The van der Waals surface area contributed by atoms with Crippen molar-refractivity contribution < 1.29 is 9.59 Å². The Balaban J connectivity index is 1.82. The molecule has 0 N–H and O–H groups in total. The van der Waals surface area contributed by atoms with Crippen LogP contribution in [-0.4, -0.2) is 35.8 Å². The van der Waals surface area contributed by atoms with Gasteiger partial charge in [-0.05, 0) is 35.6 Å². The van der Waals surface area contributed by atoms with Crippen LogP contribution in [0.3, 0.4) is 0 Å².